The van der Waals surface area contributed by atoms with Gasteiger partial charge in [-0.3, -0.25) is 0 Å². The van der Waals surface area contributed by atoms with Crippen LogP contribution in [0.25, 0.3) is 10.9 Å². The molecule has 0 radical (unpaired) electrons. The van der Waals surface area contributed by atoms with E-state index in [1.165, 1.54) is 17.0 Å². The Morgan fingerprint density at radius 3 is 2.74 bits per heavy atom. The molecule has 0 spiro atoms. The van der Waals surface area contributed by atoms with Gasteiger partial charge in [0.25, 0.3) is 0 Å². The number of nitrogens with two attached hydrogens (primary N) is 1. The van der Waals surface area contributed by atoms with E-state index < -0.39 is 0 Å². The van der Waals surface area contributed by atoms with Crippen molar-refractivity contribution in [2.45, 2.75) is 13.5 Å². The molecule has 0 aliphatic rings. The first-order valence-corrected chi connectivity index (χ1v) is 6.23. The Balaban J connectivity index is 2.00. The number of benzene rings is 2. The zero-order valence-electron chi connectivity index (χ0n) is 10.7. The molecule has 0 fully saturated rings. The summed E-state index contributed by atoms with van der Waals surface area (Å²) in [6.07, 6.45) is 2.03. The number of nitrogen functional groups attached to an aromatic ring is 1. The lowest BCUT2D eigenvalue weighted by Crippen LogP contribution is -2.00. The lowest BCUT2D eigenvalue weighted by atomic mass is 10.1. The van der Waals surface area contributed by atoms with Crippen LogP contribution in [-0.4, -0.2) is 4.57 Å². The number of rotatable bonds is 2. The third-order valence-electron chi connectivity index (χ3n) is 3.35. The zero-order valence-corrected chi connectivity index (χ0v) is 10.7. The molecule has 2 aromatic carbocycles. The van der Waals surface area contributed by atoms with Crippen molar-refractivity contribution in [3.63, 3.8) is 0 Å². The predicted molar refractivity (Wildman–Crippen MR) is 76.6 cm³/mol. The Bertz CT molecular complexity index is 744. The molecule has 1 heterocycles. The van der Waals surface area contributed by atoms with Crippen LogP contribution in [0.1, 0.15) is 11.1 Å². The highest BCUT2D eigenvalue weighted by atomic mass is 19.1. The van der Waals surface area contributed by atoms with Crippen LogP contribution in [0, 0.1) is 12.7 Å². The number of nitrogens with zero attached hydrogens (tertiary/aromatic N) is 1. The van der Waals surface area contributed by atoms with Gasteiger partial charge in [0.05, 0.1) is 5.69 Å². The molecule has 0 bridgehead atoms. The summed E-state index contributed by atoms with van der Waals surface area (Å²) in [5.74, 6) is -0.356. The molecule has 0 unspecified atom stereocenters. The SMILES string of the molecule is Cc1ccc2ccn(Cc3ccc(N)c(F)c3)c2c1. The van der Waals surface area contributed by atoms with Crippen molar-refractivity contribution >= 4 is 16.6 Å². The highest BCUT2D eigenvalue weighted by Crippen LogP contribution is 2.20. The van der Waals surface area contributed by atoms with E-state index in [2.05, 4.69) is 35.8 Å². The summed E-state index contributed by atoms with van der Waals surface area (Å²) in [6.45, 7) is 2.71. The van der Waals surface area contributed by atoms with Gasteiger partial charge in [-0.05, 0) is 47.7 Å². The van der Waals surface area contributed by atoms with Crippen LogP contribution in [0.5, 0.6) is 0 Å². The fourth-order valence-electron chi connectivity index (χ4n) is 2.30. The quantitative estimate of drug-likeness (QED) is 0.694. The van der Waals surface area contributed by atoms with E-state index in [0.29, 0.717) is 6.54 Å². The van der Waals surface area contributed by atoms with Crippen LogP contribution in [-0.2, 0) is 6.54 Å². The lowest BCUT2D eigenvalue weighted by molar-refractivity contribution is 0.628. The second-order valence-electron chi connectivity index (χ2n) is 4.86. The fraction of sp³-hybridized carbons (Fsp3) is 0.125. The summed E-state index contributed by atoms with van der Waals surface area (Å²) < 4.78 is 15.6. The van der Waals surface area contributed by atoms with E-state index in [-0.39, 0.29) is 11.5 Å². The molecule has 2 nitrogen and oxygen atoms in total. The molecule has 0 atom stereocenters. The molecule has 2 N–H and O–H groups in total. The smallest absolute Gasteiger partial charge is 0.146 e. The molecule has 3 rings (SSSR count). The standard InChI is InChI=1S/C16H15FN2/c1-11-2-4-13-6-7-19(16(13)8-11)10-12-3-5-15(18)14(17)9-12/h2-9H,10,18H2,1H3. The van der Waals surface area contributed by atoms with Gasteiger partial charge in [-0.25, -0.2) is 4.39 Å². The second-order valence-corrected chi connectivity index (χ2v) is 4.86. The van der Waals surface area contributed by atoms with Crippen LogP contribution in [0.4, 0.5) is 10.1 Å². The Morgan fingerprint density at radius 2 is 1.95 bits per heavy atom. The van der Waals surface area contributed by atoms with Gasteiger partial charge < -0.3 is 10.3 Å². The van der Waals surface area contributed by atoms with E-state index in [9.17, 15) is 4.39 Å². The number of aryl methyl sites for hydroxylation is 1. The number of hydrogen-bond donors (Lipinski definition) is 1. The number of aromatic nitrogens is 1. The molecule has 3 aromatic rings. The van der Waals surface area contributed by atoms with Gasteiger partial charge in [0.1, 0.15) is 5.82 Å². The molecular weight excluding hydrogens is 239 g/mol. The number of fused-ring (bicyclic) bond motifs is 1. The van der Waals surface area contributed by atoms with Crippen molar-refractivity contribution in [2.24, 2.45) is 0 Å². The van der Waals surface area contributed by atoms with Crippen LogP contribution in [0.2, 0.25) is 0 Å². The summed E-state index contributed by atoms with van der Waals surface area (Å²) in [7, 11) is 0. The molecule has 0 saturated heterocycles. The maximum Gasteiger partial charge on any atom is 0.146 e. The molecule has 3 heteroatoms. The summed E-state index contributed by atoms with van der Waals surface area (Å²) in [4.78, 5) is 0. The van der Waals surface area contributed by atoms with Gasteiger partial charge in [-0.15, -0.1) is 0 Å². The van der Waals surface area contributed by atoms with E-state index in [1.807, 2.05) is 12.3 Å². The molecule has 0 saturated carbocycles. The van der Waals surface area contributed by atoms with Gasteiger partial charge in [0.15, 0.2) is 0 Å². The summed E-state index contributed by atoms with van der Waals surface area (Å²) in [5, 5.41) is 1.20. The summed E-state index contributed by atoms with van der Waals surface area (Å²) in [5.41, 5.74) is 8.97. The molecule has 0 amide bonds. The summed E-state index contributed by atoms with van der Waals surface area (Å²) in [6, 6.07) is 13.4. The highest BCUT2D eigenvalue weighted by Gasteiger charge is 2.04. The molecule has 19 heavy (non-hydrogen) atoms. The minimum Gasteiger partial charge on any atom is -0.396 e. The van der Waals surface area contributed by atoms with E-state index in [4.69, 9.17) is 5.73 Å². The monoisotopic (exact) mass is 254 g/mol. The Labute approximate surface area is 111 Å². The highest BCUT2D eigenvalue weighted by molar-refractivity contribution is 5.80. The number of halogens is 1. The van der Waals surface area contributed by atoms with Crippen molar-refractivity contribution in [1.29, 1.82) is 0 Å². The van der Waals surface area contributed by atoms with Crippen molar-refractivity contribution in [3.8, 4) is 0 Å². The number of hydrogen-bond acceptors (Lipinski definition) is 1. The average Bonchev–Trinajstić information content (AvgIpc) is 2.77. The van der Waals surface area contributed by atoms with Gasteiger partial charge in [-0.1, -0.05) is 18.2 Å². The minimum absolute atomic E-state index is 0.192. The normalized spacial score (nSPS) is 11.1. The topological polar surface area (TPSA) is 30.9 Å². The maximum absolute atomic E-state index is 13.5. The van der Waals surface area contributed by atoms with Crippen LogP contribution in [0.3, 0.4) is 0 Å². The van der Waals surface area contributed by atoms with Gasteiger partial charge >= 0.3 is 0 Å². The first-order chi connectivity index (χ1) is 9.13. The van der Waals surface area contributed by atoms with Crippen molar-refractivity contribution in [3.05, 3.63) is 65.6 Å². The van der Waals surface area contributed by atoms with Crippen LogP contribution in [0.15, 0.2) is 48.7 Å². The van der Waals surface area contributed by atoms with E-state index in [0.717, 1.165) is 11.1 Å². The van der Waals surface area contributed by atoms with Gasteiger partial charge in [0.2, 0.25) is 0 Å². The zero-order chi connectivity index (χ0) is 13.4. The maximum atomic E-state index is 13.5. The third kappa shape index (κ3) is 2.19. The van der Waals surface area contributed by atoms with E-state index in [1.54, 1.807) is 6.07 Å². The second kappa shape index (κ2) is 4.43. The fourth-order valence-corrected chi connectivity index (χ4v) is 2.30. The molecule has 0 aliphatic heterocycles. The Hall–Kier alpha value is -2.29. The first kappa shape index (κ1) is 11.8. The molecular formula is C16H15FN2. The Kier molecular flexibility index (Phi) is 2.75. The average molecular weight is 254 g/mol. The van der Waals surface area contributed by atoms with Crippen LogP contribution < -0.4 is 5.73 Å². The summed E-state index contributed by atoms with van der Waals surface area (Å²) >= 11 is 0. The van der Waals surface area contributed by atoms with Gasteiger partial charge in [0, 0.05) is 18.3 Å². The minimum atomic E-state index is -0.356. The predicted octanol–water partition coefficient (Wildman–Crippen LogP) is 3.72. The van der Waals surface area contributed by atoms with E-state index >= 15 is 0 Å². The molecule has 96 valence electrons. The number of anilines is 1. The molecule has 1 aromatic heterocycles. The van der Waals surface area contributed by atoms with Crippen molar-refractivity contribution in [2.75, 3.05) is 5.73 Å². The van der Waals surface area contributed by atoms with Crippen molar-refractivity contribution < 1.29 is 4.39 Å². The molecule has 0 aliphatic carbocycles. The lowest BCUT2D eigenvalue weighted by Gasteiger charge is -2.07. The Morgan fingerprint density at radius 1 is 1.11 bits per heavy atom. The third-order valence-corrected chi connectivity index (χ3v) is 3.35. The van der Waals surface area contributed by atoms with Crippen LogP contribution >= 0.6 is 0 Å². The van der Waals surface area contributed by atoms with Gasteiger partial charge in [-0.2, -0.15) is 0 Å². The first-order valence-electron chi connectivity index (χ1n) is 6.23. The van der Waals surface area contributed by atoms with Crippen molar-refractivity contribution in [1.82, 2.24) is 4.57 Å². The largest absolute Gasteiger partial charge is 0.396 e.